The van der Waals surface area contributed by atoms with Crippen LogP contribution in [0.4, 0.5) is 0 Å². The smallest absolute Gasteiger partial charge is 0.223 e. The van der Waals surface area contributed by atoms with Crippen molar-refractivity contribution in [3.63, 3.8) is 0 Å². The predicted molar refractivity (Wildman–Crippen MR) is 86.7 cm³/mol. The van der Waals surface area contributed by atoms with Gasteiger partial charge in [0.05, 0.1) is 5.75 Å². The quantitative estimate of drug-likeness (QED) is 0.684. The maximum Gasteiger partial charge on any atom is 0.223 e. The van der Waals surface area contributed by atoms with Crippen molar-refractivity contribution in [2.24, 2.45) is 17.6 Å². The fraction of sp³-hybridized carbons (Fsp3) is 0.933. The Morgan fingerprint density at radius 2 is 1.91 bits per heavy atom. The SMILES string of the molecule is CCCCS(=O)(=O)N1CCC(C(=O)NCC(N)C2CC2)CC1. The molecule has 0 bridgehead atoms. The number of rotatable bonds is 8. The van der Waals surface area contributed by atoms with Crippen LogP contribution in [0, 0.1) is 11.8 Å². The lowest BCUT2D eigenvalue weighted by atomic mass is 9.97. The van der Waals surface area contributed by atoms with E-state index in [4.69, 9.17) is 5.73 Å². The molecule has 0 spiro atoms. The Morgan fingerprint density at radius 1 is 1.27 bits per heavy atom. The standard InChI is InChI=1S/C15H29N3O3S/c1-2-3-10-22(20,21)18-8-6-13(7-9-18)15(19)17-11-14(16)12-4-5-12/h12-14H,2-11,16H2,1H3,(H,17,19). The first-order chi connectivity index (χ1) is 10.4. The van der Waals surface area contributed by atoms with Gasteiger partial charge in [0.15, 0.2) is 0 Å². The molecule has 1 saturated carbocycles. The van der Waals surface area contributed by atoms with Gasteiger partial charge in [-0.15, -0.1) is 0 Å². The molecule has 1 unspecified atom stereocenters. The molecule has 0 aromatic rings. The molecule has 1 amide bonds. The number of nitrogens with two attached hydrogens (primary N) is 1. The summed E-state index contributed by atoms with van der Waals surface area (Å²) >= 11 is 0. The van der Waals surface area contributed by atoms with E-state index < -0.39 is 10.0 Å². The van der Waals surface area contributed by atoms with Gasteiger partial charge in [-0.2, -0.15) is 0 Å². The van der Waals surface area contributed by atoms with Gasteiger partial charge >= 0.3 is 0 Å². The molecule has 128 valence electrons. The first-order valence-corrected chi connectivity index (χ1v) is 10.1. The van der Waals surface area contributed by atoms with Crippen molar-refractivity contribution in [3.8, 4) is 0 Å². The van der Waals surface area contributed by atoms with E-state index in [0.717, 1.165) is 6.42 Å². The Morgan fingerprint density at radius 3 is 2.45 bits per heavy atom. The van der Waals surface area contributed by atoms with Gasteiger partial charge in [0.25, 0.3) is 0 Å². The molecule has 1 atom stereocenters. The van der Waals surface area contributed by atoms with Crippen LogP contribution in [0.1, 0.15) is 45.4 Å². The van der Waals surface area contributed by atoms with Gasteiger partial charge in [0.1, 0.15) is 0 Å². The van der Waals surface area contributed by atoms with Crippen LogP contribution >= 0.6 is 0 Å². The molecule has 1 aliphatic carbocycles. The number of hydrogen-bond donors (Lipinski definition) is 2. The van der Waals surface area contributed by atoms with Crippen LogP contribution in [0.25, 0.3) is 0 Å². The molecular formula is C15H29N3O3S. The molecular weight excluding hydrogens is 302 g/mol. The van der Waals surface area contributed by atoms with E-state index in [1.807, 2.05) is 6.92 Å². The first-order valence-electron chi connectivity index (χ1n) is 8.45. The summed E-state index contributed by atoms with van der Waals surface area (Å²) in [7, 11) is -3.14. The van der Waals surface area contributed by atoms with Crippen molar-refractivity contribution in [2.75, 3.05) is 25.4 Å². The van der Waals surface area contributed by atoms with Crippen molar-refractivity contribution >= 4 is 15.9 Å². The molecule has 2 aliphatic rings. The number of hydrogen-bond acceptors (Lipinski definition) is 4. The first kappa shape index (κ1) is 17.7. The monoisotopic (exact) mass is 331 g/mol. The van der Waals surface area contributed by atoms with E-state index in [1.165, 1.54) is 12.8 Å². The highest BCUT2D eigenvalue weighted by molar-refractivity contribution is 7.89. The van der Waals surface area contributed by atoms with Gasteiger partial charge in [-0.1, -0.05) is 13.3 Å². The fourth-order valence-electron chi connectivity index (χ4n) is 2.91. The van der Waals surface area contributed by atoms with Crippen LogP contribution < -0.4 is 11.1 Å². The van der Waals surface area contributed by atoms with Gasteiger partial charge in [-0.05, 0) is 38.0 Å². The van der Waals surface area contributed by atoms with Crippen molar-refractivity contribution in [3.05, 3.63) is 0 Å². The van der Waals surface area contributed by atoms with Crippen molar-refractivity contribution < 1.29 is 13.2 Å². The average Bonchev–Trinajstić information content (AvgIpc) is 3.35. The zero-order chi connectivity index (χ0) is 16.2. The van der Waals surface area contributed by atoms with Crippen LogP contribution in [-0.4, -0.2) is 50.1 Å². The molecule has 6 nitrogen and oxygen atoms in total. The zero-order valence-corrected chi connectivity index (χ0v) is 14.3. The summed E-state index contributed by atoms with van der Waals surface area (Å²) < 4.78 is 25.8. The van der Waals surface area contributed by atoms with Gasteiger partial charge in [0.2, 0.25) is 15.9 Å². The molecule has 7 heteroatoms. The maximum atomic E-state index is 12.1. The molecule has 0 radical (unpaired) electrons. The van der Waals surface area contributed by atoms with E-state index in [-0.39, 0.29) is 23.6 Å². The van der Waals surface area contributed by atoms with E-state index in [0.29, 0.717) is 44.8 Å². The number of sulfonamides is 1. The third-order valence-electron chi connectivity index (χ3n) is 4.71. The second kappa shape index (κ2) is 7.75. The summed E-state index contributed by atoms with van der Waals surface area (Å²) in [5.41, 5.74) is 5.98. The minimum Gasteiger partial charge on any atom is -0.354 e. The topological polar surface area (TPSA) is 92.5 Å². The molecule has 22 heavy (non-hydrogen) atoms. The summed E-state index contributed by atoms with van der Waals surface area (Å²) in [6.07, 6.45) is 5.13. The highest BCUT2D eigenvalue weighted by Gasteiger charge is 2.32. The van der Waals surface area contributed by atoms with Gasteiger partial charge in [-0.25, -0.2) is 12.7 Å². The largest absolute Gasteiger partial charge is 0.354 e. The van der Waals surface area contributed by atoms with Crippen molar-refractivity contribution in [1.82, 2.24) is 9.62 Å². The molecule has 2 rings (SSSR count). The number of nitrogens with one attached hydrogen (secondary N) is 1. The summed E-state index contributed by atoms with van der Waals surface area (Å²) in [5.74, 6) is 0.743. The molecule has 1 saturated heterocycles. The van der Waals surface area contributed by atoms with E-state index >= 15 is 0 Å². The minimum atomic E-state index is -3.14. The molecule has 1 heterocycles. The van der Waals surface area contributed by atoms with Crippen LogP contribution in [0.2, 0.25) is 0 Å². The zero-order valence-electron chi connectivity index (χ0n) is 13.5. The Hall–Kier alpha value is -0.660. The van der Waals surface area contributed by atoms with E-state index in [1.54, 1.807) is 4.31 Å². The highest BCUT2D eigenvalue weighted by Crippen LogP contribution is 2.31. The number of nitrogens with zero attached hydrogens (tertiary/aromatic N) is 1. The number of unbranched alkanes of at least 4 members (excludes halogenated alkanes) is 1. The third-order valence-corrected chi connectivity index (χ3v) is 6.67. The van der Waals surface area contributed by atoms with Gasteiger partial charge < -0.3 is 11.1 Å². The van der Waals surface area contributed by atoms with Gasteiger partial charge in [-0.3, -0.25) is 4.79 Å². The Bertz CT molecular complexity index is 468. The minimum absolute atomic E-state index is 0.0294. The van der Waals surface area contributed by atoms with E-state index in [9.17, 15) is 13.2 Å². The lowest BCUT2D eigenvalue weighted by Gasteiger charge is -2.30. The predicted octanol–water partition coefficient (Wildman–Crippen LogP) is 0.682. The molecule has 3 N–H and O–H groups in total. The van der Waals surface area contributed by atoms with Crippen LogP contribution in [0.5, 0.6) is 0 Å². The molecule has 1 aliphatic heterocycles. The number of piperidine rings is 1. The molecule has 0 aromatic heterocycles. The Balaban J connectivity index is 1.72. The fourth-order valence-corrected chi connectivity index (χ4v) is 4.58. The lowest BCUT2D eigenvalue weighted by Crippen LogP contribution is -2.46. The molecule has 0 aromatic carbocycles. The van der Waals surface area contributed by atoms with Crippen LogP contribution in [-0.2, 0) is 14.8 Å². The number of carbonyl (C=O) groups excluding carboxylic acids is 1. The van der Waals surface area contributed by atoms with E-state index in [2.05, 4.69) is 5.32 Å². The lowest BCUT2D eigenvalue weighted by molar-refractivity contribution is -0.126. The van der Waals surface area contributed by atoms with Crippen molar-refractivity contribution in [2.45, 2.75) is 51.5 Å². The summed E-state index contributed by atoms with van der Waals surface area (Å²) in [5, 5.41) is 2.93. The maximum absolute atomic E-state index is 12.1. The second-order valence-corrected chi connectivity index (χ2v) is 8.68. The summed E-state index contributed by atoms with van der Waals surface area (Å²) in [6.45, 7) is 3.44. The second-order valence-electron chi connectivity index (χ2n) is 6.59. The number of amides is 1. The third kappa shape index (κ3) is 4.93. The summed E-state index contributed by atoms with van der Waals surface area (Å²) in [4.78, 5) is 12.1. The Labute approximate surface area is 133 Å². The number of carbonyl (C=O) groups is 1. The van der Waals surface area contributed by atoms with Crippen molar-refractivity contribution in [1.29, 1.82) is 0 Å². The normalized spacial score (nSPS) is 22.5. The highest BCUT2D eigenvalue weighted by atomic mass is 32.2. The van der Waals surface area contributed by atoms with Crippen LogP contribution in [0.3, 0.4) is 0 Å². The average molecular weight is 331 g/mol. The van der Waals surface area contributed by atoms with Crippen LogP contribution in [0.15, 0.2) is 0 Å². The molecule has 2 fully saturated rings. The summed E-state index contributed by atoms with van der Waals surface area (Å²) in [6, 6.07) is 0.0680. The van der Waals surface area contributed by atoms with Gasteiger partial charge in [0, 0.05) is 31.6 Å². The Kier molecular flexibility index (Phi) is 6.23.